The first-order valence-corrected chi connectivity index (χ1v) is 17.7. The predicted octanol–water partition coefficient (Wildman–Crippen LogP) is 8.20. The second-order valence-corrected chi connectivity index (χ2v) is 19.3. The molecule has 0 aromatic heterocycles. The first kappa shape index (κ1) is 26.7. The van der Waals surface area contributed by atoms with Gasteiger partial charge in [0.25, 0.3) is 0 Å². The number of benzene rings is 3. The molecule has 38 heavy (non-hydrogen) atoms. The van der Waals surface area contributed by atoms with E-state index in [4.69, 9.17) is 0 Å². The number of allylic oxidation sites excluding steroid dienone is 4. The van der Waals surface area contributed by atoms with Crippen LogP contribution in [0.4, 0.5) is 0 Å². The lowest BCUT2D eigenvalue weighted by molar-refractivity contribution is 0.585. The van der Waals surface area contributed by atoms with Crippen molar-refractivity contribution in [2.24, 2.45) is 0 Å². The third-order valence-electron chi connectivity index (χ3n) is 8.05. The Hall–Kier alpha value is -2.90. The average Bonchev–Trinajstić information content (AvgIpc) is 3.46. The lowest BCUT2D eigenvalue weighted by atomic mass is 9.80. The Kier molecular flexibility index (Phi) is 6.59. The van der Waals surface area contributed by atoms with E-state index in [2.05, 4.69) is 140 Å². The van der Waals surface area contributed by atoms with Gasteiger partial charge in [0, 0.05) is 0 Å². The predicted molar refractivity (Wildman–Crippen MR) is 168 cm³/mol. The molecule has 3 aromatic carbocycles. The first-order valence-electron chi connectivity index (χ1n) is 14.2. The summed E-state index contributed by atoms with van der Waals surface area (Å²) in [6.45, 7) is 21.4. The normalized spacial score (nSPS) is 15.7. The molecule has 5 rings (SSSR count). The Balaban J connectivity index is 1.88. The number of rotatable bonds is 4. The highest BCUT2D eigenvalue weighted by Gasteiger charge is 2.27. The van der Waals surface area contributed by atoms with E-state index < -0.39 is 8.07 Å². The van der Waals surface area contributed by atoms with Crippen LogP contribution >= 0.6 is 0 Å². The van der Waals surface area contributed by atoms with Crippen LogP contribution in [-0.2, 0) is 17.3 Å². The van der Waals surface area contributed by atoms with Crippen LogP contribution in [-0.4, -0.2) is 8.07 Å². The van der Waals surface area contributed by atoms with Gasteiger partial charge in [-0.3, -0.25) is 0 Å². The van der Waals surface area contributed by atoms with Gasteiger partial charge >= 0.3 is 0 Å². The molecule has 2 aliphatic carbocycles. The monoisotopic (exact) mass is 515 g/mol. The molecule has 2 aliphatic rings. The maximum atomic E-state index is 3.90. The van der Waals surface area contributed by atoms with Crippen molar-refractivity contribution >= 4 is 25.8 Å². The lowest BCUT2D eigenvalue weighted by Crippen LogP contribution is -2.27. The molecule has 0 amide bonds. The van der Waals surface area contributed by atoms with Gasteiger partial charge in [0.2, 0.25) is 0 Å². The molecule has 0 N–H and O–H groups in total. The summed E-state index contributed by atoms with van der Waals surface area (Å²) in [5.41, 5.74) is 8.45. The molecule has 195 valence electrons. The third kappa shape index (κ3) is 5.06. The molecule has 0 fully saturated rings. The zero-order valence-electron chi connectivity index (χ0n) is 24.8. The van der Waals surface area contributed by atoms with Gasteiger partial charge in [-0.2, -0.15) is 0 Å². The fourth-order valence-electron chi connectivity index (χ4n) is 5.74. The summed E-state index contributed by atoms with van der Waals surface area (Å²) < 4.78 is 0. The van der Waals surface area contributed by atoms with Crippen molar-refractivity contribution in [1.29, 1.82) is 0 Å². The van der Waals surface area contributed by atoms with Crippen LogP contribution in [0.1, 0.15) is 75.8 Å². The van der Waals surface area contributed by atoms with Crippen LogP contribution in [0, 0.1) is 10.4 Å². The lowest BCUT2D eigenvalue weighted by Gasteiger charge is -2.24. The van der Waals surface area contributed by atoms with Crippen LogP contribution in [0.5, 0.6) is 0 Å². The second kappa shape index (κ2) is 9.38. The van der Waals surface area contributed by atoms with Crippen molar-refractivity contribution in [3.05, 3.63) is 121 Å². The molecule has 1 heteroatoms. The summed E-state index contributed by atoms with van der Waals surface area (Å²) in [5, 5.41) is 6.89. The number of hydrogen-bond donors (Lipinski definition) is 0. The van der Waals surface area contributed by atoms with Crippen LogP contribution < -0.4 is 10.4 Å². The van der Waals surface area contributed by atoms with Gasteiger partial charge in [-0.1, -0.05) is 127 Å². The molecule has 3 aromatic rings. The minimum atomic E-state index is -1.40. The maximum Gasteiger partial charge on any atom is 0.0772 e. The summed E-state index contributed by atoms with van der Waals surface area (Å²) >= 11 is 0. The molecule has 0 bridgehead atoms. The SMILES string of the molecule is CC(C)(C)c1ccc2c(c1)=c1cc(C(C)(C)C)c(=CCc3ccccc3)c(C3=CC([Si](C)(C)C)=CC3)c1[C]=2. The van der Waals surface area contributed by atoms with Crippen molar-refractivity contribution < 1.29 is 0 Å². The van der Waals surface area contributed by atoms with Gasteiger partial charge in [0.1, 0.15) is 0 Å². The fraction of sp³-hybridized carbons (Fsp3) is 0.351. The molecule has 0 saturated carbocycles. The summed E-state index contributed by atoms with van der Waals surface area (Å²) in [7, 11) is -1.40. The summed E-state index contributed by atoms with van der Waals surface area (Å²) in [5.74, 6) is 0. The molecular formula is C37H43Si. The van der Waals surface area contributed by atoms with Gasteiger partial charge in [-0.25, -0.2) is 0 Å². The van der Waals surface area contributed by atoms with E-state index in [0.717, 1.165) is 12.8 Å². The molecule has 1 radical (unpaired) electrons. The van der Waals surface area contributed by atoms with Crippen molar-refractivity contribution in [2.75, 3.05) is 0 Å². The standard InChI is InChI=1S/C37H43Si/c1-36(2,3)28-18-16-26-22-33-32(31(26)23-28)24-34(37(4,5)6)30(20-15-25-13-11-10-12-14-25)35(33)27-17-19-29(21-27)38(7,8)9/h10-14,16,18-21,23-24H,15,17H2,1-9H3. The molecule has 0 saturated heterocycles. The number of fused-ring (bicyclic) bond motifs is 2. The summed E-state index contributed by atoms with van der Waals surface area (Å²) in [4.78, 5) is 0. The quantitative estimate of drug-likeness (QED) is 0.240. The molecular weight excluding hydrogens is 472 g/mol. The van der Waals surface area contributed by atoms with Gasteiger partial charge < -0.3 is 0 Å². The van der Waals surface area contributed by atoms with Crippen LogP contribution in [0.3, 0.4) is 0 Å². The smallest absolute Gasteiger partial charge is 0.0772 e. The zero-order chi connectivity index (χ0) is 27.5. The van der Waals surface area contributed by atoms with Crippen LogP contribution in [0.25, 0.3) is 17.7 Å². The molecule has 0 unspecified atom stereocenters. The molecule has 0 nitrogen and oxygen atoms in total. The van der Waals surface area contributed by atoms with Crippen LogP contribution in [0.15, 0.2) is 71.9 Å². The fourth-order valence-corrected chi connectivity index (χ4v) is 7.06. The first-order chi connectivity index (χ1) is 17.7. The third-order valence-corrected chi connectivity index (χ3v) is 10.1. The summed E-state index contributed by atoms with van der Waals surface area (Å²) in [6.07, 6.45) is 13.4. The Morgan fingerprint density at radius 1 is 0.842 bits per heavy atom. The van der Waals surface area contributed by atoms with E-state index in [1.807, 2.05) is 0 Å². The maximum absolute atomic E-state index is 3.90. The Morgan fingerprint density at radius 2 is 1.55 bits per heavy atom. The summed E-state index contributed by atoms with van der Waals surface area (Å²) in [6, 6.07) is 20.4. The average molecular weight is 516 g/mol. The molecule has 0 spiro atoms. The topological polar surface area (TPSA) is 0 Å². The van der Waals surface area contributed by atoms with Crippen molar-refractivity contribution in [3.63, 3.8) is 0 Å². The van der Waals surface area contributed by atoms with E-state index >= 15 is 0 Å². The van der Waals surface area contributed by atoms with E-state index in [1.54, 1.807) is 5.20 Å². The van der Waals surface area contributed by atoms with Crippen molar-refractivity contribution in [2.45, 2.75) is 84.9 Å². The van der Waals surface area contributed by atoms with Crippen molar-refractivity contribution in [1.82, 2.24) is 0 Å². The van der Waals surface area contributed by atoms with E-state index in [1.165, 1.54) is 54.3 Å². The van der Waals surface area contributed by atoms with Gasteiger partial charge in [0.15, 0.2) is 0 Å². The largest absolute Gasteiger partial charge is 0.0808 e. The van der Waals surface area contributed by atoms with E-state index in [-0.39, 0.29) is 10.8 Å². The molecule has 0 aliphatic heterocycles. The van der Waals surface area contributed by atoms with Crippen LogP contribution in [0.2, 0.25) is 19.6 Å². The second-order valence-electron chi connectivity index (χ2n) is 14.2. The van der Waals surface area contributed by atoms with E-state index in [9.17, 15) is 0 Å². The highest BCUT2D eigenvalue weighted by atomic mass is 28.3. The molecule has 0 heterocycles. The van der Waals surface area contributed by atoms with Gasteiger partial charge in [-0.15, -0.1) is 0 Å². The van der Waals surface area contributed by atoms with Gasteiger partial charge in [0.05, 0.1) is 8.07 Å². The Bertz CT molecular complexity index is 1680. The van der Waals surface area contributed by atoms with Crippen molar-refractivity contribution in [3.8, 4) is 0 Å². The molecule has 0 atom stereocenters. The number of hydrogen-bond acceptors (Lipinski definition) is 0. The van der Waals surface area contributed by atoms with Gasteiger partial charge in [-0.05, 0) is 96.1 Å². The minimum Gasteiger partial charge on any atom is -0.0808 e. The zero-order valence-corrected chi connectivity index (χ0v) is 25.8. The Morgan fingerprint density at radius 3 is 2.16 bits per heavy atom. The minimum absolute atomic E-state index is 0.0187. The van der Waals surface area contributed by atoms with E-state index in [0.29, 0.717) is 0 Å². The highest BCUT2D eigenvalue weighted by Crippen LogP contribution is 2.35. The highest BCUT2D eigenvalue weighted by molar-refractivity contribution is 6.84. The Labute approximate surface area is 230 Å².